The Morgan fingerprint density at radius 2 is 2.43 bits per heavy atom. The normalized spacial score (nSPS) is 9.50. The molecule has 0 atom stereocenters. The quantitative estimate of drug-likeness (QED) is 0.790. The maximum atomic E-state index is 10.5. The van der Waals surface area contributed by atoms with Crippen LogP contribution in [0, 0.1) is 0 Å². The zero-order valence-electron chi connectivity index (χ0n) is 7.20. The molecule has 6 heteroatoms. The number of aromatic carboxylic acids is 1. The predicted molar refractivity (Wildman–Crippen MR) is 52.5 cm³/mol. The summed E-state index contributed by atoms with van der Waals surface area (Å²) < 4.78 is 0. The van der Waals surface area contributed by atoms with Crippen molar-refractivity contribution >= 4 is 23.5 Å². The molecule has 0 saturated heterocycles. The molecule has 1 rings (SSSR count). The van der Waals surface area contributed by atoms with E-state index < -0.39 is 5.97 Å². The molecule has 0 aliphatic heterocycles. The predicted octanol–water partition coefficient (Wildman–Crippen LogP) is 1.34. The highest BCUT2D eigenvalue weighted by Crippen LogP contribution is 2.02. The Bertz CT molecular complexity index is 367. The van der Waals surface area contributed by atoms with Gasteiger partial charge in [0.1, 0.15) is 0 Å². The molecule has 2 N–H and O–H groups in total. The fraction of sp³-hybridized carbons (Fsp3) is 0.125. The van der Waals surface area contributed by atoms with Gasteiger partial charge in [-0.1, -0.05) is 18.2 Å². The molecule has 0 amide bonds. The Labute approximate surface area is 85.4 Å². The number of hydrogen-bond acceptors (Lipinski definition) is 4. The van der Waals surface area contributed by atoms with Crippen LogP contribution in [0.3, 0.4) is 0 Å². The average Bonchev–Trinajstić information content (AvgIpc) is 2.15. The Kier molecular flexibility index (Phi) is 3.41. The minimum Gasteiger partial charge on any atom is -0.477 e. The molecule has 74 valence electrons. The number of nitrogens with one attached hydrogen (secondary N) is 1. The van der Waals surface area contributed by atoms with Gasteiger partial charge in [-0.2, -0.15) is 0 Å². The smallest absolute Gasteiger partial charge is 0.354 e. The molecule has 0 saturated carbocycles. The van der Waals surface area contributed by atoms with Crippen molar-refractivity contribution in [1.82, 2.24) is 9.97 Å². The highest BCUT2D eigenvalue weighted by atomic mass is 35.5. The molecule has 5 nitrogen and oxygen atoms in total. The van der Waals surface area contributed by atoms with Crippen LogP contribution >= 0.6 is 11.6 Å². The van der Waals surface area contributed by atoms with Gasteiger partial charge < -0.3 is 10.4 Å². The zero-order chi connectivity index (χ0) is 10.6. The first-order valence-corrected chi connectivity index (χ1v) is 4.11. The van der Waals surface area contributed by atoms with Gasteiger partial charge in [0, 0.05) is 11.2 Å². The van der Waals surface area contributed by atoms with E-state index in [9.17, 15) is 4.79 Å². The van der Waals surface area contributed by atoms with Crippen molar-refractivity contribution in [3.05, 3.63) is 29.6 Å². The Morgan fingerprint density at radius 3 is 3.00 bits per heavy atom. The number of carbonyl (C=O) groups is 1. The molecule has 0 unspecified atom stereocenters. The van der Waals surface area contributed by atoms with E-state index in [0.717, 1.165) is 0 Å². The maximum Gasteiger partial charge on any atom is 0.354 e. The van der Waals surface area contributed by atoms with Gasteiger partial charge in [-0.25, -0.2) is 14.8 Å². The van der Waals surface area contributed by atoms with E-state index >= 15 is 0 Å². The zero-order valence-corrected chi connectivity index (χ0v) is 7.95. The fourth-order valence-corrected chi connectivity index (χ4v) is 0.805. The lowest BCUT2D eigenvalue weighted by Gasteiger charge is -2.02. The van der Waals surface area contributed by atoms with E-state index in [1.165, 1.54) is 12.3 Å². The van der Waals surface area contributed by atoms with Crippen molar-refractivity contribution in [2.24, 2.45) is 0 Å². The average molecular weight is 214 g/mol. The van der Waals surface area contributed by atoms with Gasteiger partial charge in [0.15, 0.2) is 5.69 Å². The molecule has 0 spiro atoms. The molecule has 0 fully saturated rings. The number of carboxylic acid groups (broad SMARTS) is 1. The van der Waals surface area contributed by atoms with Crippen LogP contribution in [0.2, 0.25) is 0 Å². The van der Waals surface area contributed by atoms with Crippen LogP contribution in [0.15, 0.2) is 23.9 Å². The lowest BCUT2D eigenvalue weighted by molar-refractivity contribution is 0.0690. The lowest BCUT2D eigenvalue weighted by atomic mass is 10.4. The Morgan fingerprint density at radius 1 is 1.71 bits per heavy atom. The summed E-state index contributed by atoms with van der Waals surface area (Å²) in [6, 6.07) is 1.31. The summed E-state index contributed by atoms with van der Waals surface area (Å²) in [7, 11) is 0. The van der Waals surface area contributed by atoms with Crippen LogP contribution in [0.25, 0.3) is 0 Å². The van der Waals surface area contributed by atoms with E-state index in [0.29, 0.717) is 11.6 Å². The number of aromatic nitrogens is 2. The van der Waals surface area contributed by atoms with Crippen molar-refractivity contribution in [1.29, 1.82) is 0 Å². The van der Waals surface area contributed by atoms with Crippen LogP contribution in [-0.4, -0.2) is 27.6 Å². The van der Waals surface area contributed by atoms with Crippen LogP contribution in [-0.2, 0) is 0 Å². The highest BCUT2D eigenvalue weighted by Gasteiger charge is 2.05. The summed E-state index contributed by atoms with van der Waals surface area (Å²) in [5.41, 5.74) is -0.0670. The minimum absolute atomic E-state index is 0.0670. The Balaban J connectivity index is 2.73. The van der Waals surface area contributed by atoms with E-state index in [2.05, 4.69) is 21.9 Å². The van der Waals surface area contributed by atoms with Gasteiger partial charge >= 0.3 is 5.97 Å². The SMILES string of the molecule is C=C(Cl)CNc1nccc(C(=O)O)n1. The molecule has 1 aromatic rings. The van der Waals surface area contributed by atoms with Gasteiger partial charge in [-0.05, 0) is 6.07 Å². The van der Waals surface area contributed by atoms with E-state index in [-0.39, 0.29) is 11.6 Å². The van der Waals surface area contributed by atoms with Gasteiger partial charge in [0.2, 0.25) is 5.95 Å². The fourth-order valence-electron chi connectivity index (χ4n) is 0.738. The molecule has 0 aliphatic rings. The lowest BCUT2D eigenvalue weighted by Crippen LogP contribution is -2.08. The van der Waals surface area contributed by atoms with Gasteiger partial charge in [-0.3, -0.25) is 0 Å². The number of carboxylic acids is 1. The summed E-state index contributed by atoms with van der Waals surface area (Å²) in [5, 5.41) is 11.7. The monoisotopic (exact) mass is 213 g/mol. The molecule has 1 heterocycles. The first-order valence-electron chi connectivity index (χ1n) is 3.73. The first-order chi connectivity index (χ1) is 6.59. The van der Waals surface area contributed by atoms with Crippen molar-refractivity contribution in [3.63, 3.8) is 0 Å². The number of nitrogens with zero attached hydrogens (tertiary/aromatic N) is 2. The van der Waals surface area contributed by atoms with Crippen molar-refractivity contribution in [3.8, 4) is 0 Å². The molecule has 0 aliphatic carbocycles. The molecule has 14 heavy (non-hydrogen) atoms. The summed E-state index contributed by atoms with van der Waals surface area (Å²) in [4.78, 5) is 18.1. The molecule has 0 radical (unpaired) electrons. The maximum absolute atomic E-state index is 10.5. The van der Waals surface area contributed by atoms with Crippen molar-refractivity contribution < 1.29 is 9.90 Å². The second kappa shape index (κ2) is 4.57. The summed E-state index contributed by atoms with van der Waals surface area (Å²) in [5.74, 6) is -0.883. The first kappa shape index (κ1) is 10.5. The molecule has 1 aromatic heterocycles. The topological polar surface area (TPSA) is 75.1 Å². The van der Waals surface area contributed by atoms with Crippen molar-refractivity contribution in [2.75, 3.05) is 11.9 Å². The third-order valence-electron chi connectivity index (χ3n) is 1.31. The summed E-state index contributed by atoms with van der Waals surface area (Å²) in [6.45, 7) is 3.76. The number of anilines is 1. The van der Waals surface area contributed by atoms with E-state index in [1.54, 1.807) is 0 Å². The molecular formula is C8H8ClN3O2. The van der Waals surface area contributed by atoms with Crippen LogP contribution in [0.1, 0.15) is 10.5 Å². The standard InChI is InChI=1S/C8H8ClN3O2/c1-5(9)4-11-8-10-3-2-6(12-8)7(13)14/h2-3H,1,4H2,(H,13,14)(H,10,11,12). The number of halogens is 1. The Hall–Kier alpha value is -1.62. The van der Waals surface area contributed by atoms with Crippen LogP contribution in [0.5, 0.6) is 0 Å². The third-order valence-corrected chi connectivity index (χ3v) is 1.45. The van der Waals surface area contributed by atoms with Crippen LogP contribution in [0.4, 0.5) is 5.95 Å². The van der Waals surface area contributed by atoms with Gasteiger partial charge in [-0.15, -0.1) is 0 Å². The molecule has 0 bridgehead atoms. The second-order valence-corrected chi connectivity index (χ2v) is 2.98. The summed E-state index contributed by atoms with van der Waals surface area (Å²) in [6.07, 6.45) is 1.36. The molecule has 0 aromatic carbocycles. The van der Waals surface area contributed by atoms with E-state index in [1.807, 2.05) is 0 Å². The third kappa shape index (κ3) is 3.02. The van der Waals surface area contributed by atoms with Crippen molar-refractivity contribution in [2.45, 2.75) is 0 Å². The summed E-state index contributed by atoms with van der Waals surface area (Å²) >= 11 is 5.50. The minimum atomic E-state index is -1.10. The second-order valence-electron chi connectivity index (χ2n) is 2.44. The van der Waals surface area contributed by atoms with Gasteiger partial charge in [0.05, 0.1) is 6.54 Å². The molecular weight excluding hydrogens is 206 g/mol. The highest BCUT2D eigenvalue weighted by molar-refractivity contribution is 6.29. The largest absolute Gasteiger partial charge is 0.477 e. The van der Waals surface area contributed by atoms with Crippen LogP contribution < -0.4 is 5.32 Å². The van der Waals surface area contributed by atoms with Gasteiger partial charge in [0.25, 0.3) is 0 Å². The number of rotatable bonds is 4. The number of hydrogen-bond donors (Lipinski definition) is 2. The van der Waals surface area contributed by atoms with E-state index in [4.69, 9.17) is 16.7 Å².